The Balaban J connectivity index is 2.38. The van der Waals surface area contributed by atoms with E-state index in [4.69, 9.17) is 15.0 Å². The summed E-state index contributed by atoms with van der Waals surface area (Å²) >= 11 is 0. The molecule has 1 aliphatic rings. The minimum atomic E-state index is -0.634. The van der Waals surface area contributed by atoms with Crippen LogP contribution in [0.2, 0.25) is 0 Å². The molecule has 124 valence electrons. The van der Waals surface area contributed by atoms with Crippen LogP contribution >= 0.6 is 0 Å². The molecule has 1 aromatic carbocycles. The third-order valence-corrected chi connectivity index (χ3v) is 4.54. The van der Waals surface area contributed by atoms with E-state index in [1.54, 1.807) is 18.2 Å². The van der Waals surface area contributed by atoms with Gasteiger partial charge in [0.05, 0.1) is 16.8 Å². The topological polar surface area (TPSA) is 61.6 Å². The van der Waals surface area contributed by atoms with Gasteiger partial charge in [0.25, 0.3) is 0 Å². The van der Waals surface area contributed by atoms with Crippen LogP contribution in [0.3, 0.4) is 0 Å². The Hall–Kier alpha value is -1.50. The average Bonchev–Trinajstić information content (AvgIpc) is 2.65. The normalized spacial score (nSPS) is 20.0. The molecule has 1 fully saturated rings. The van der Waals surface area contributed by atoms with E-state index in [0.29, 0.717) is 11.0 Å². The third kappa shape index (κ3) is 3.39. The molecule has 0 aromatic heterocycles. The molecule has 2 N–H and O–H groups in total. The van der Waals surface area contributed by atoms with Crippen LogP contribution in [0.1, 0.15) is 50.5 Å². The average molecular weight is 319 g/mol. The fourth-order valence-electron chi connectivity index (χ4n) is 2.35. The SMILES string of the molecule is CC(=O)c1cccc(C=C(CN)B2OC(C)(C)C(C)(C)O2)c1F. The van der Waals surface area contributed by atoms with Crippen molar-refractivity contribution in [2.75, 3.05) is 6.54 Å². The summed E-state index contributed by atoms with van der Waals surface area (Å²) in [5.74, 6) is -0.870. The lowest BCUT2D eigenvalue weighted by Crippen LogP contribution is -2.41. The lowest BCUT2D eigenvalue weighted by atomic mass is 9.77. The molecule has 0 saturated carbocycles. The molecule has 6 heteroatoms. The molecular weight excluding hydrogens is 296 g/mol. The van der Waals surface area contributed by atoms with Crippen LogP contribution in [0, 0.1) is 5.82 Å². The van der Waals surface area contributed by atoms with Crippen molar-refractivity contribution in [1.82, 2.24) is 0 Å². The van der Waals surface area contributed by atoms with Gasteiger partial charge in [0.1, 0.15) is 5.82 Å². The summed E-state index contributed by atoms with van der Waals surface area (Å²) < 4.78 is 26.3. The monoisotopic (exact) mass is 319 g/mol. The third-order valence-electron chi connectivity index (χ3n) is 4.54. The van der Waals surface area contributed by atoms with Crippen LogP contribution in [-0.2, 0) is 9.31 Å². The van der Waals surface area contributed by atoms with Gasteiger partial charge in [0, 0.05) is 12.1 Å². The maximum Gasteiger partial charge on any atom is 0.491 e. The number of rotatable bonds is 4. The molecule has 0 aliphatic carbocycles. The van der Waals surface area contributed by atoms with Gasteiger partial charge in [-0.3, -0.25) is 4.79 Å². The summed E-state index contributed by atoms with van der Waals surface area (Å²) in [7, 11) is -0.634. The highest BCUT2D eigenvalue weighted by Crippen LogP contribution is 2.38. The van der Waals surface area contributed by atoms with E-state index in [9.17, 15) is 9.18 Å². The van der Waals surface area contributed by atoms with Gasteiger partial charge in [0.15, 0.2) is 5.78 Å². The molecule has 4 nitrogen and oxygen atoms in total. The van der Waals surface area contributed by atoms with Gasteiger partial charge in [-0.05, 0) is 46.2 Å². The Bertz CT molecular complexity index is 639. The van der Waals surface area contributed by atoms with Crippen molar-refractivity contribution in [3.63, 3.8) is 0 Å². The largest absolute Gasteiger partial charge is 0.491 e. The number of nitrogens with two attached hydrogens (primary N) is 1. The minimum Gasteiger partial charge on any atom is -0.400 e. The Kier molecular flexibility index (Phi) is 4.80. The van der Waals surface area contributed by atoms with E-state index in [1.165, 1.54) is 13.0 Å². The van der Waals surface area contributed by atoms with Crippen molar-refractivity contribution in [2.24, 2.45) is 5.73 Å². The number of carbonyl (C=O) groups excluding carboxylic acids is 1. The van der Waals surface area contributed by atoms with Gasteiger partial charge in [0.2, 0.25) is 0 Å². The zero-order chi connectivity index (χ0) is 17.4. The predicted octanol–water partition coefficient (Wildman–Crippen LogP) is 3.00. The maximum atomic E-state index is 14.4. The molecule has 0 radical (unpaired) electrons. The van der Waals surface area contributed by atoms with E-state index >= 15 is 0 Å². The second kappa shape index (κ2) is 6.19. The van der Waals surface area contributed by atoms with E-state index < -0.39 is 24.1 Å². The maximum absolute atomic E-state index is 14.4. The van der Waals surface area contributed by atoms with E-state index in [1.807, 2.05) is 27.7 Å². The van der Waals surface area contributed by atoms with E-state index in [-0.39, 0.29) is 17.9 Å². The van der Waals surface area contributed by atoms with Crippen molar-refractivity contribution in [3.05, 3.63) is 40.6 Å². The van der Waals surface area contributed by atoms with Crippen molar-refractivity contribution in [2.45, 2.75) is 45.8 Å². The van der Waals surface area contributed by atoms with Gasteiger partial charge in [-0.15, -0.1) is 0 Å². The highest BCUT2D eigenvalue weighted by molar-refractivity contribution is 6.55. The highest BCUT2D eigenvalue weighted by Gasteiger charge is 2.52. The van der Waals surface area contributed by atoms with Crippen molar-refractivity contribution in [1.29, 1.82) is 0 Å². The minimum absolute atomic E-state index is 0.0593. The van der Waals surface area contributed by atoms with Crippen LogP contribution in [-0.4, -0.2) is 30.6 Å². The Morgan fingerprint density at radius 2 is 1.83 bits per heavy atom. The predicted molar refractivity (Wildman–Crippen MR) is 89.5 cm³/mol. The van der Waals surface area contributed by atoms with Crippen molar-refractivity contribution < 1.29 is 18.5 Å². The first-order valence-electron chi connectivity index (χ1n) is 7.64. The first-order chi connectivity index (χ1) is 10.6. The standard InChI is InChI=1S/C17H23BFNO3/c1-11(21)14-8-6-7-12(15(14)19)9-13(10-20)18-22-16(2,3)17(4,5)23-18/h6-9H,10,20H2,1-5H3. The second-order valence-electron chi connectivity index (χ2n) is 6.78. The van der Waals surface area contributed by atoms with E-state index in [2.05, 4.69) is 0 Å². The lowest BCUT2D eigenvalue weighted by molar-refractivity contribution is 0.00578. The zero-order valence-electron chi connectivity index (χ0n) is 14.3. The molecule has 0 amide bonds. The summed E-state index contributed by atoms with van der Waals surface area (Å²) in [5.41, 5.74) is 5.81. The van der Waals surface area contributed by atoms with Gasteiger partial charge >= 0.3 is 7.12 Å². The first-order valence-corrected chi connectivity index (χ1v) is 7.64. The first kappa shape index (κ1) is 17.9. The lowest BCUT2D eigenvalue weighted by Gasteiger charge is -2.32. The fourth-order valence-corrected chi connectivity index (χ4v) is 2.35. The molecule has 0 bridgehead atoms. The summed E-state index contributed by atoms with van der Waals surface area (Å²) in [4.78, 5) is 11.5. The van der Waals surface area contributed by atoms with Crippen LogP contribution in [0.5, 0.6) is 0 Å². The van der Waals surface area contributed by atoms with Crippen LogP contribution < -0.4 is 5.73 Å². The number of Topliss-reactive ketones (excluding diaryl/α,β-unsaturated/α-hetero) is 1. The van der Waals surface area contributed by atoms with Gasteiger partial charge in [-0.1, -0.05) is 18.2 Å². The van der Waals surface area contributed by atoms with Gasteiger partial charge in [-0.25, -0.2) is 4.39 Å². The quantitative estimate of drug-likeness (QED) is 0.684. The van der Waals surface area contributed by atoms with Crippen LogP contribution in [0.25, 0.3) is 6.08 Å². The van der Waals surface area contributed by atoms with Gasteiger partial charge < -0.3 is 15.0 Å². The molecule has 1 heterocycles. The number of hydrogen-bond donors (Lipinski definition) is 1. The molecule has 1 saturated heterocycles. The van der Waals surface area contributed by atoms with Crippen LogP contribution in [0.15, 0.2) is 23.7 Å². The molecule has 1 aliphatic heterocycles. The number of hydrogen-bond acceptors (Lipinski definition) is 4. The van der Waals surface area contributed by atoms with Gasteiger partial charge in [-0.2, -0.15) is 0 Å². The van der Waals surface area contributed by atoms with Crippen LogP contribution in [0.4, 0.5) is 4.39 Å². The number of carbonyl (C=O) groups is 1. The molecule has 1 aromatic rings. The fraction of sp³-hybridized carbons (Fsp3) is 0.471. The summed E-state index contributed by atoms with van der Waals surface area (Å²) in [6, 6.07) is 4.71. The van der Waals surface area contributed by atoms with Crippen molar-refractivity contribution >= 4 is 19.0 Å². The number of halogens is 1. The molecule has 2 rings (SSSR count). The van der Waals surface area contributed by atoms with Crippen molar-refractivity contribution in [3.8, 4) is 0 Å². The summed E-state index contributed by atoms with van der Waals surface area (Å²) in [6.45, 7) is 9.27. The smallest absolute Gasteiger partial charge is 0.400 e. The Morgan fingerprint density at radius 1 is 1.26 bits per heavy atom. The summed E-state index contributed by atoms with van der Waals surface area (Å²) in [5, 5.41) is 0. The Morgan fingerprint density at radius 3 is 2.30 bits per heavy atom. The molecule has 0 spiro atoms. The van der Waals surface area contributed by atoms with E-state index in [0.717, 1.165) is 0 Å². The zero-order valence-corrected chi connectivity index (χ0v) is 14.3. The highest BCUT2D eigenvalue weighted by atomic mass is 19.1. The second-order valence-corrected chi connectivity index (χ2v) is 6.78. The molecule has 0 unspecified atom stereocenters. The number of ketones is 1. The molecule has 23 heavy (non-hydrogen) atoms. The summed E-state index contributed by atoms with van der Waals surface area (Å²) in [6.07, 6.45) is 1.60. The molecular formula is C17H23BFNO3. The number of benzene rings is 1. The molecule has 0 atom stereocenters. The Labute approximate surface area is 137 Å².